The quantitative estimate of drug-likeness (QED) is 0.673. The van der Waals surface area contributed by atoms with Gasteiger partial charge in [-0.1, -0.05) is 0 Å². The molecule has 0 spiro atoms. The van der Waals surface area contributed by atoms with E-state index < -0.39 is 11.5 Å². The maximum absolute atomic E-state index is 11.9. The smallest absolute Gasteiger partial charge is 0.331 e. The molecule has 0 saturated carbocycles. The summed E-state index contributed by atoms with van der Waals surface area (Å²) >= 11 is 1.52. The van der Waals surface area contributed by atoms with Crippen LogP contribution in [0, 0.1) is 0 Å². The van der Waals surface area contributed by atoms with Crippen LogP contribution in [0.4, 0.5) is 0 Å². The molecule has 1 amide bonds. The number of aliphatic carboxylic acids is 1. The average Bonchev–Trinajstić information content (AvgIpc) is 2.48. The van der Waals surface area contributed by atoms with Crippen LogP contribution in [0.2, 0.25) is 0 Å². The van der Waals surface area contributed by atoms with Gasteiger partial charge in [0.05, 0.1) is 13.7 Å². The van der Waals surface area contributed by atoms with E-state index in [4.69, 9.17) is 14.6 Å². The molecule has 122 valence electrons. The van der Waals surface area contributed by atoms with Crippen molar-refractivity contribution in [3.05, 3.63) is 24.3 Å². The first-order chi connectivity index (χ1) is 10.4. The second kappa shape index (κ2) is 8.65. The summed E-state index contributed by atoms with van der Waals surface area (Å²) < 4.78 is 9.92. The van der Waals surface area contributed by atoms with E-state index in [0.717, 1.165) is 10.6 Å². The highest BCUT2D eigenvalue weighted by Gasteiger charge is 2.34. The Morgan fingerprint density at radius 2 is 1.91 bits per heavy atom. The standard InChI is InChI=1S/C15H21NO5S/c1-15(10-20-2,14(18)19)16-13(17)8-9-22-12-6-4-11(21-3)5-7-12/h4-7H,8-10H2,1-3H3,(H,16,17)(H,18,19). The molecule has 2 N–H and O–H groups in total. The van der Waals surface area contributed by atoms with Gasteiger partial charge < -0.3 is 19.9 Å². The number of carbonyl (C=O) groups excluding carboxylic acids is 1. The first-order valence-electron chi connectivity index (χ1n) is 6.71. The number of carbonyl (C=O) groups is 2. The molecular formula is C15H21NO5S. The van der Waals surface area contributed by atoms with Crippen LogP contribution in [0.3, 0.4) is 0 Å². The van der Waals surface area contributed by atoms with Crippen LogP contribution in [0.5, 0.6) is 5.75 Å². The molecule has 0 aromatic heterocycles. The van der Waals surface area contributed by atoms with Crippen LogP contribution in [-0.2, 0) is 14.3 Å². The number of carboxylic acids is 1. The van der Waals surface area contributed by atoms with Crippen molar-refractivity contribution in [1.82, 2.24) is 5.32 Å². The minimum Gasteiger partial charge on any atom is -0.497 e. The fourth-order valence-electron chi connectivity index (χ4n) is 1.74. The van der Waals surface area contributed by atoms with Crippen molar-refractivity contribution in [2.45, 2.75) is 23.8 Å². The number of hydrogen-bond acceptors (Lipinski definition) is 5. The summed E-state index contributed by atoms with van der Waals surface area (Å²) in [7, 11) is 3.00. The molecule has 0 aliphatic carbocycles. The second-order valence-corrected chi connectivity index (χ2v) is 6.06. The Morgan fingerprint density at radius 3 is 2.41 bits per heavy atom. The second-order valence-electron chi connectivity index (χ2n) is 4.89. The molecule has 0 aliphatic rings. The molecule has 0 saturated heterocycles. The number of nitrogens with one attached hydrogen (secondary N) is 1. The third kappa shape index (κ3) is 5.57. The van der Waals surface area contributed by atoms with Gasteiger partial charge in [0, 0.05) is 24.2 Å². The van der Waals surface area contributed by atoms with E-state index in [9.17, 15) is 9.59 Å². The number of hydrogen-bond donors (Lipinski definition) is 2. The molecule has 0 radical (unpaired) electrons. The predicted molar refractivity (Wildman–Crippen MR) is 84.4 cm³/mol. The highest BCUT2D eigenvalue weighted by atomic mass is 32.2. The maximum Gasteiger partial charge on any atom is 0.331 e. The van der Waals surface area contributed by atoms with Crippen LogP contribution in [0.1, 0.15) is 13.3 Å². The molecule has 7 heteroatoms. The van der Waals surface area contributed by atoms with E-state index in [1.54, 1.807) is 7.11 Å². The van der Waals surface area contributed by atoms with Crippen molar-refractivity contribution in [3.63, 3.8) is 0 Å². The van der Waals surface area contributed by atoms with Crippen molar-refractivity contribution in [3.8, 4) is 5.75 Å². The lowest BCUT2D eigenvalue weighted by atomic mass is 10.0. The Labute approximate surface area is 134 Å². The van der Waals surface area contributed by atoms with E-state index in [2.05, 4.69) is 5.32 Å². The summed E-state index contributed by atoms with van der Waals surface area (Å²) in [5.74, 6) is -0.103. The number of benzene rings is 1. The molecule has 22 heavy (non-hydrogen) atoms. The molecule has 0 bridgehead atoms. The van der Waals surface area contributed by atoms with Gasteiger partial charge in [0.25, 0.3) is 0 Å². The SMILES string of the molecule is COCC(C)(NC(=O)CCSc1ccc(OC)cc1)C(=O)O. The van der Waals surface area contributed by atoms with Gasteiger partial charge >= 0.3 is 5.97 Å². The normalized spacial score (nSPS) is 13.2. The lowest BCUT2D eigenvalue weighted by molar-refractivity contribution is -0.149. The van der Waals surface area contributed by atoms with Crippen LogP contribution in [0.15, 0.2) is 29.2 Å². The summed E-state index contributed by atoms with van der Waals surface area (Å²) in [4.78, 5) is 24.1. The molecule has 1 aromatic carbocycles. The molecule has 1 aromatic rings. The molecule has 1 rings (SSSR count). The predicted octanol–water partition coefficient (Wildman–Crippen LogP) is 1.78. The minimum atomic E-state index is -1.41. The van der Waals surface area contributed by atoms with Crippen molar-refractivity contribution in [2.24, 2.45) is 0 Å². The fourth-order valence-corrected chi connectivity index (χ4v) is 2.60. The molecule has 0 fully saturated rings. The lowest BCUT2D eigenvalue weighted by Gasteiger charge is -2.25. The van der Waals surface area contributed by atoms with E-state index in [0.29, 0.717) is 5.75 Å². The van der Waals surface area contributed by atoms with Gasteiger partial charge in [-0.15, -0.1) is 11.8 Å². The number of carboxylic acid groups (broad SMARTS) is 1. The Bertz CT molecular complexity index is 505. The van der Waals surface area contributed by atoms with Gasteiger partial charge in [0.2, 0.25) is 5.91 Å². The number of rotatable bonds is 9. The third-order valence-corrected chi connectivity index (χ3v) is 3.99. The van der Waals surface area contributed by atoms with Gasteiger partial charge in [-0.2, -0.15) is 0 Å². The number of amides is 1. The van der Waals surface area contributed by atoms with E-state index >= 15 is 0 Å². The van der Waals surface area contributed by atoms with E-state index in [-0.39, 0.29) is 18.9 Å². The molecule has 0 aliphatic heterocycles. The largest absolute Gasteiger partial charge is 0.497 e. The zero-order valence-corrected chi connectivity index (χ0v) is 13.7. The zero-order valence-electron chi connectivity index (χ0n) is 12.9. The Balaban J connectivity index is 2.43. The van der Waals surface area contributed by atoms with Gasteiger partial charge in [-0.25, -0.2) is 4.79 Å². The van der Waals surface area contributed by atoms with Gasteiger partial charge in [-0.05, 0) is 31.2 Å². The summed E-state index contributed by atoms with van der Waals surface area (Å²) in [6, 6.07) is 7.52. The van der Waals surface area contributed by atoms with Gasteiger partial charge in [0.15, 0.2) is 5.54 Å². The van der Waals surface area contributed by atoms with E-state index in [1.165, 1.54) is 25.8 Å². The Kier molecular flexibility index (Phi) is 7.20. The first kappa shape index (κ1) is 18.3. The summed E-state index contributed by atoms with van der Waals surface area (Å²) in [6.45, 7) is 1.34. The van der Waals surface area contributed by atoms with Crippen molar-refractivity contribution < 1.29 is 24.2 Å². The Morgan fingerprint density at radius 1 is 1.27 bits per heavy atom. The highest BCUT2D eigenvalue weighted by Crippen LogP contribution is 2.21. The van der Waals surface area contributed by atoms with Crippen LogP contribution < -0.4 is 10.1 Å². The van der Waals surface area contributed by atoms with E-state index in [1.807, 2.05) is 24.3 Å². The summed E-state index contributed by atoms with van der Waals surface area (Å²) in [5.41, 5.74) is -1.41. The monoisotopic (exact) mass is 327 g/mol. The molecule has 0 heterocycles. The van der Waals surface area contributed by atoms with Crippen LogP contribution in [-0.4, -0.2) is 49.1 Å². The molecule has 1 atom stereocenters. The molecular weight excluding hydrogens is 306 g/mol. The molecule has 1 unspecified atom stereocenters. The average molecular weight is 327 g/mol. The number of thioether (sulfide) groups is 1. The number of methoxy groups -OCH3 is 2. The minimum absolute atomic E-state index is 0.0836. The first-order valence-corrected chi connectivity index (χ1v) is 7.70. The molecule has 6 nitrogen and oxygen atoms in total. The van der Waals surface area contributed by atoms with Crippen LogP contribution in [0.25, 0.3) is 0 Å². The topological polar surface area (TPSA) is 84.9 Å². The van der Waals surface area contributed by atoms with Gasteiger partial charge in [0.1, 0.15) is 5.75 Å². The lowest BCUT2D eigenvalue weighted by Crippen LogP contribution is -2.55. The highest BCUT2D eigenvalue weighted by molar-refractivity contribution is 7.99. The summed E-state index contributed by atoms with van der Waals surface area (Å²) in [5, 5.41) is 11.7. The third-order valence-electron chi connectivity index (χ3n) is 2.98. The van der Waals surface area contributed by atoms with Crippen molar-refractivity contribution in [1.29, 1.82) is 0 Å². The zero-order chi connectivity index (χ0) is 16.6. The number of ether oxygens (including phenoxy) is 2. The van der Waals surface area contributed by atoms with Crippen molar-refractivity contribution >= 4 is 23.6 Å². The van der Waals surface area contributed by atoms with Crippen molar-refractivity contribution in [2.75, 3.05) is 26.6 Å². The Hall–Kier alpha value is -1.73. The van der Waals surface area contributed by atoms with Gasteiger partial charge in [-0.3, -0.25) is 4.79 Å². The van der Waals surface area contributed by atoms with Crippen LogP contribution >= 0.6 is 11.8 Å². The maximum atomic E-state index is 11.9. The fraction of sp³-hybridized carbons (Fsp3) is 0.467. The summed E-state index contributed by atoms with van der Waals surface area (Å²) in [6.07, 6.45) is 0.225.